The van der Waals surface area contributed by atoms with Gasteiger partial charge < -0.3 is 10.8 Å². The molecule has 0 saturated carbocycles. The SMILES string of the molecule is CCCCCCCCCCCCCCCCCC(=O)O.CCCCCCCCCCCCCCCCCCCCN. The Balaban J connectivity index is 0. The summed E-state index contributed by atoms with van der Waals surface area (Å²) >= 11 is 0. The maximum Gasteiger partial charge on any atom is 0.303 e. The van der Waals surface area contributed by atoms with Crippen LogP contribution in [0.4, 0.5) is 0 Å². The van der Waals surface area contributed by atoms with E-state index in [-0.39, 0.29) is 0 Å². The predicted octanol–water partition coefficient (Wildman–Crippen LogP) is 13.3. The number of carboxylic acid groups (broad SMARTS) is 1. The van der Waals surface area contributed by atoms with E-state index in [0.29, 0.717) is 6.42 Å². The summed E-state index contributed by atoms with van der Waals surface area (Å²) in [6.45, 7) is 5.44. The molecule has 0 aliphatic carbocycles. The molecule has 0 spiro atoms. The highest BCUT2D eigenvalue weighted by molar-refractivity contribution is 5.66. The lowest BCUT2D eigenvalue weighted by atomic mass is 10.0. The molecule has 0 bridgehead atoms. The second-order valence-corrected chi connectivity index (χ2v) is 12.9. The minimum Gasteiger partial charge on any atom is -0.481 e. The highest BCUT2D eigenvalue weighted by Crippen LogP contribution is 2.15. The first-order valence-corrected chi connectivity index (χ1v) is 19.1. The molecular weight excluding hydrogens is 502 g/mol. The molecule has 0 saturated heterocycles. The number of carbonyl (C=O) groups is 1. The second kappa shape index (κ2) is 41.6. The molecular formula is C38H79NO2. The molecule has 0 fully saturated rings. The summed E-state index contributed by atoms with van der Waals surface area (Å²) < 4.78 is 0. The molecule has 0 amide bonds. The van der Waals surface area contributed by atoms with Gasteiger partial charge in [-0.15, -0.1) is 0 Å². The van der Waals surface area contributed by atoms with Crippen LogP contribution in [0, 0.1) is 0 Å². The van der Waals surface area contributed by atoms with Crippen molar-refractivity contribution in [1.29, 1.82) is 0 Å². The van der Waals surface area contributed by atoms with Gasteiger partial charge in [0.15, 0.2) is 0 Å². The molecule has 0 unspecified atom stereocenters. The molecule has 41 heavy (non-hydrogen) atoms. The van der Waals surface area contributed by atoms with E-state index in [0.717, 1.165) is 19.4 Å². The standard InChI is InChI=1S/C20H43N.C18H36O2/c1-2-3-4-5-6-7-8-9-10-11-12-13-14-15-16-17-18-19-20-21;1-2-3-4-5-6-7-8-9-10-11-12-13-14-15-16-17-18(19)20/h2-21H2,1H3;2-17H2,1H3,(H,19,20). The third kappa shape index (κ3) is 46.6. The number of aliphatic carboxylic acids is 1. The van der Waals surface area contributed by atoms with Crippen molar-refractivity contribution in [2.75, 3.05) is 6.54 Å². The van der Waals surface area contributed by atoms with E-state index in [2.05, 4.69) is 13.8 Å². The van der Waals surface area contributed by atoms with Crippen molar-refractivity contribution in [2.45, 2.75) is 232 Å². The molecule has 0 atom stereocenters. The Labute approximate surface area is 260 Å². The fraction of sp³-hybridized carbons (Fsp3) is 0.974. The number of rotatable bonds is 34. The van der Waals surface area contributed by atoms with Crippen molar-refractivity contribution < 1.29 is 9.90 Å². The molecule has 248 valence electrons. The van der Waals surface area contributed by atoms with E-state index < -0.39 is 5.97 Å². The van der Waals surface area contributed by atoms with Crippen molar-refractivity contribution in [2.24, 2.45) is 5.73 Å². The van der Waals surface area contributed by atoms with Gasteiger partial charge in [-0.3, -0.25) is 4.79 Å². The third-order valence-electron chi connectivity index (χ3n) is 8.55. The lowest BCUT2D eigenvalue weighted by Gasteiger charge is -2.03. The summed E-state index contributed by atoms with van der Waals surface area (Å²) in [5.41, 5.74) is 5.49. The Hall–Kier alpha value is -0.570. The van der Waals surface area contributed by atoms with Gasteiger partial charge >= 0.3 is 5.97 Å². The van der Waals surface area contributed by atoms with Gasteiger partial charge in [0.1, 0.15) is 0 Å². The maximum atomic E-state index is 10.3. The Kier molecular flexibility index (Phi) is 43.1. The van der Waals surface area contributed by atoms with Crippen LogP contribution in [0.15, 0.2) is 0 Å². The van der Waals surface area contributed by atoms with E-state index in [4.69, 9.17) is 10.8 Å². The molecule has 0 aromatic carbocycles. The quantitative estimate of drug-likeness (QED) is 0.0743. The lowest BCUT2D eigenvalue weighted by Crippen LogP contribution is -1.97. The minimum absolute atomic E-state index is 0.345. The van der Waals surface area contributed by atoms with Crippen LogP contribution in [-0.4, -0.2) is 17.6 Å². The van der Waals surface area contributed by atoms with Crippen LogP contribution in [0.5, 0.6) is 0 Å². The zero-order valence-corrected chi connectivity index (χ0v) is 28.7. The van der Waals surface area contributed by atoms with Crippen molar-refractivity contribution in [3.05, 3.63) is 0 Å². The molecule has 0 aromatic rings. The second-order valence-electron chi connectivity index (χ2n) is 12.9. The molecule has 0 radical (unpaired) electrons. The van der Waals surface area contributed by atoms with Crippen LogP contribution in [0.1, 0.15) is 232 Å². The van der Waals surface area contributed by atoms with Crippen molar-refractivity contribution in [3.63, 3.8) is 0 Å². The molecule has 0 aliphatic heterocycles. The first-order valence-electron chi connectivity index (χ1n) is 19.1. The van der Waals surface area contributed by atoms with Gasteiger partial charge in [0.2, 0.25) is 0 Å². The van der Waals surface area contributed by atoms with E-state index in [1.54, 1.807) is 0 Å². The van der Waals surface area contributed by atoms with Gasteiger partial charge in [0.25, 0.3) is 0 Å². The molecule has 0 aliphatic rings. The highest BCUT2D eigenvalue weighted by atomic mass is 16.4. The first kappa shape index (κ1) is 42.6. The molecule has 3 nitrogen and oxygen atoms in total. The molecule has 3 heteroatoms. The fourth-order valence-corrected chi connectivity index (χ4v) is 5.69. The number of nitrogens with two attached hydrogens (primary N) is 1. The van der Waals surface area contributed by atoms with Crippen molar-refractivity contribution in [1.82, 2.24) is 0 Å². The summed E-state index contributed by atoms with van der Waals surface area (Å²) in [4.78, 5) is 10.3. The zero-order chi connectivity index (χ0) is 30.3. The summed E-state index contributed by atoms with van der Waals surface area (Å²) in [5, 5.41) is 8.52. The van der Waals surface area contributed by atoms with E-state index in [1.165, 1.54) is 199 Å². The Morgan fingerprint density at radius 2 is 0.561 bits per heavy atom. The van der Waals surface area contributed by atoms with Gasteiger partial charge in [-0.2, -0.15) is 0 Å². The van der Waals surface area contributed by atoms with E-state index in [9.17, 15) is 4.79 Å². The number of hydrogen-bond donors (Lipinski definition) is 2. The Morgan fingerprint density at radius 3 is 0.756 bits per heavy atom. The van der Waals surface area contributed by atoms with Crippen molar-refractivity contribution in [3.8, 4) is 0 Å². The largest absolute Gasteiger partial charge is 0.481 e. The van der Waals surface area contributed by atoms with Gasteiger partial charge in [-0.25, -0.2) is 0 Å². The van der Waals surface area contributed by atoms with Crippen LogP contribution in [0.3, 0.4) is 0 Å². The Bertz CT molecular complexity index is 436. The minimum atomic E-state index is -0.653. The topological polar surface area (TPSA) is 63.3 Å². The summed E-state index contributed by atoms with van der Waals surface area (Å²) in [6, 6.07) is 0. The van der Waals surface area contributed by atoms with Crippen LogP contribution in [0.25, 0.3) is 0 Å². The van der Waals surface area contributed by atoms with Gasteiger partial charge in [-0.05, 0) is 19.4 Å². The van der Waals surface area contributed by atoms with Gasteiger partial charge in [0.05, 0.1) is 0 Å². The van der Waals surface area contributed by atoms with E-state index >= 15 is 0 Å². The zero-order valence-electron chi connectivity index (χ0n) is 28.7. The monoisotopic (exact) mass is 582 g/mol. The number of carboxylic acids is 1. The average Bonchev–Trinajstić information content (AvgIpc) is 2.97. The van der Waals surface area contributed by atoms with Crippen LogP contribution < -0.4 is 5.73 Å². The van der Waals surface area contributed by atoms with Crippen LogP contribution in [-0.2, 0) is 4.79 Å². The fourth-order valence-electron chi connectivity index (χ4n) is 5.69. The molecule has 0 heterocycles. The lowest BCUT2D eigenvalue weighted by molar-refractivity contribution is -0.137. The normalized spacial score (nSPS) is 11.0. The smallest absolute Gasteiger partial charge is 0.303 e. The summed E-state index contributed by atoms with van der Waals surface area (Å²) in [7, 11) is 0. The van der Waals surface area contributed by atoms with Gasteiger partial charge in [-0.1, -0.05) is 213 Å². The van der Waals surface area contributed by atoms with Crippen LogP contribution >= 0.6 is 0 Å². The third-order valence-corrected chi connectivity index (χ3v) is 8.55. The predicted molar refractivity (Wildman–Crippen MR) is 185 cm³/mol. The number of unbranched alkanes of at least 4 members (excludes halogenated alkanes) is 31. The van der Waals surface area contributed by atoms with Crippen molar-refractivity contribution >= 4 is 5.97 Å². The summed E-state index contributed by atoms with van der Waals surface area (Å²) in [5.74, 6) is -0.653. The van der Waals surface area contributed by atoms with Crippen LogP contribution in [0.2, 0.25) is 0 Å². The average molecular weight is 582 g/mol. The van der Waals surface area contributed by atoms with Gasteiger partial charge in [0, 0.05) is 6.42 Å². The van der Waals surface area contributed by atoms with E-state index in [1.807, 2.05) is 0 Å². The highest BCUT2D eigenvalue weighted by Gasteiger charge is 1.97. The Morgan fingerprint density at radius 1 is 0.366 bits per heavy atom. The maximum absolute atomic E-state index is 10.3. The molecule has 0 aromatic heterocycles. The number of hydrogen-bond acceptors (Lipinski definition) is 2. The molecule has 3 N–H and O–H groups in total. The first-order chi connectivity index (χ1) is 20.2. The summed E-state index contributed by atoms with van der Waals surface area (Å²) in [6.07, 6.45) is 46.0. The molecule has 0 rings (SSSR count).